The lowest BCUT2D eigenvalue weighted by Gasteiger charge is -2.20. The van der Waals surface area contributed by atoms with Crippen molar-refractivity contribution >= 4 is 11.0 Å². The van der Waals surface area contributed by atoms with Crippen LogP contribution in [0.4, 0.5) is 0 Å². The summed E-state index contributed by atoms with van der Waals surface area (Å²) in [5, 5.41) is 3.59. The van der Waals surface area contributed by atoms with Gasteiger partial charge in [-0.1, -0.05) is 18.2 Å². The molecule has 21 heavy (non-hydrogen) atoms. The van der Waals surface area contributed by atoms with E-state index < -0.39 is 0 Å². The monoisotopic (exact) mass is 280 g/mol. The highest BCUT2D eigenvalue weighted by atomic mass is 15.1. The molecule has 108 valence electrons. The Kier molecular flexibility index (Phi) is 3.71. The highest BCUT2D eigenvalue weighted by molar-refractivity contribution is 5.75. The van der Waals surface area contributed by atoms with E-state index in [1.165, 1.54) is 5.56 Å². The molecule has 4 nitrogen and oxygen atoms in total. The summed E-state index contributed by atoms with van der Waals surface area (Å²) < 4.78 is 2.16. The van der Waals surface area contributed by atoms with E-state index in [-0.39, 0.29) is 12.1 Å². The van der Waals surface area contributed by atoms with Crippen molar-refractivity contribution in [2.45, 2.75) is 25.9 Å². The third-order valence-corrected chi connectivity index (χ3v) is 3.89. The quantitative estimate of drug-likeness (QED) is 0.796. The maximum Gasteiger partial charge on any atom is 0.126 e. The summed E-state index contributed by atoms with van der Waals surface area (Å²) in [7, 11) is 2.07. The number of rotatable bonds is 4. The average Bonchev–Trinajstić information content (AvgIpc) is 2.86. The van der Waals surface area contributed by atoms with Crippen molar-refractivity contribution in [3.05, 3.63) is 60.2 Å². The molecule has 1 aromatic carbocycles. The number of aryl methyl sites for hydroxylation is 1. The molecule has 0 bridgehead atoms. The van der Waals surface area contributed by atoms with Gasteiger partial charge < -0.3 is 9.88 Å². The van der Waals surface area contributed by atoms with Gasteiger partial charge in [0.15, 0.2) is 0 Å². The molecule has 2 atom stereocenters. The van der Waals surface area contributed by atoms with Crippen LogP contribution in [0.25, 0.3) is 11.0 Å². The van der Waals surface area contributed by atoms with E-state index in [1.807, 2.05) is 24.4 Å². The van der Waals surface area contributed by atoms with Crippen molar-refractivity contribution < 1.29 is 0 Å². The van der Waals surface area contributed by atoms with Crippen LogP contribution in [-0.4, -0.2) is 14.5 Å². The first-order valence-electron chi connectivity index (χ1n) is 7.24. The third kappa shape index (κ3) is 2.67. The van der Waals surface area contributed by atoms with Crippen molar-refractivity contribution in [1.82, 2.24) is 19.9 Å². The average molecular weight is 280 g/mol. The Morgan fingerprint density at radius 1 is 1.05 bits per heavy atom. The summed E-state index contributed by atoms with van der Waals surface area (Å²) in [6.07, 6.45) is 3.70. The van der Waals surface area contributed by atoms with Gasteiger partial charge in [0.25, 0.3) is 0 Å². The summed E-state index contributed by atoms with van der Waals surface area (Å²) in [6.45, 7) is 4.30. The molecule has 0 spiro atoms. The van der Waals surface area contributed by atoms with Crippen molar-refractivity contribution in [3.63, 3.8) is 0 Å². The van der Waals surface area contributed by atoms with Crippen LogP contribution in [0, 0.1) is 0 Å². The smallest absolute Gasteiger partial charge is 0.126 e. The molecule has 0 fully saturated rings. The first-order chi connectivity index (χ1) is 10.2. The topological polar surface area (TPSA) is 42.7 Å². The Balaban J connectivity index is 1.84. The van der Waals surface area contributed by atoms with E-state index in [4.69, 9.17) is 4.98 Å². The van der Waals surface area contributed by atoms with Gasteiger partial charge in [-0.15, -0.1) is 0 Å². The number of nitrogens with one attached hydrogen (secondary N) is 1. The van der Waals surface area contributed by atoms with Gasteiger partial charge in [-0.05, 0) is 37.6 Å². The van der Waals surface area contributed by atoms with Gasteiger partial charge in [-0.2, -0.15) is 0 Å². The van der Waals surface area contributed by atoms with Gasteiger partial charge in [-0.3, -0.25) is 4.98 Å². The number of benzene rings is 1. The molecule has 1 N–H and O–H groups in total. The minimum atomic E-state index is 0.164. The highest BCUT2D eigenvalue weighted by Crippen LogP contribution is 2.22. The Bertz CT molecular complexity index is 733. The van der Waals surface area contributed by atoms with Gasteiger partial charge in [0.2, 0.25) is 0 Å². The zero-order valence-corrected chi connectivity index (χ0v) is 12.6. The first kappa shape index (κ1) is 13.8. The Hall–Kier alpha value is -2.20. The minimum absolute atomic E-state index is 0.164. The van der Waals surface area contributed by atoms with Crippen LogP contribution in [0.1, 0.15) is 37.3 Å². The van der Waals surface area contributed by atoms with E-state index in [2.05, 4.69) is 54.0 Å². The lowest BCUT2D eigenvalue weighted by Crippen LogP contribution is -2.24. The van der Waals surface area contributed by atoms with Gasteiger partial charge >= 0.3 is 0 Å². The predicted molar refractivity (Wildman–Crippen MR) is 84.9 cm³/mol. The molecule has 1 unspecified atom stereocenters. The fraction of sp³-hybridized carbons (Fsp3) is 0.294. The van der Waals surface area contributed by atoms with Crippen molar-refractivity contribution in [2.75, 3.05) is 0 Å². The number of imidazole rings is 1. The second kappa shape index (κ2) is 5.66. The third-order valence-electron chi connectivity index (χ3n) is 3.89. The molecule has 0 aliphatic heterocycles. The summed E-state index contributed by atoms with van der Waals surface area (Å²) in [6, 6.07) is 12.7. The number of pyridine rings is 1. The van der Waals surface area contributed by atoms with Crippen molar-refractivity contribution in [3.8, 4) is 0 Å². The molecular weight excluding hydrogens is 260 g/mol. The minimum Gasteiger partial charge on any atom is -0.330 e. The lowest BCUT2D eigenvalue weighted by atomic mass is 10.1. The van der Waals surface area contributed by atoms with E-state index in [0.717, 1.165) is 16.9 Å². The second-order valence-electron chi connectivity index (χ2n) is 5.41. The van der Waals surface area contributed by atoms with E-state index in [1.54, 1.807) is 6.20 Å². The summed E-state index contributed by atoms with van der Waals surface area (Å²) >= 11 is 0. The molecule has 4 heteroatoms. The maximum atomic E-state index is 4.74. The number of hydrogen-bond acceptors (Lipinski definition) is 3. The van der Waals surface area contributed by atoms with Crippen molar-refractivity contribution in [2.24, 2.45) is 7.05 Å². The molecule has 2 heterocycles. The highest BCUT2D eigenvalue weighted by Gasteiger charge is 2.16. The Morgan fingerprint density at radius 2 is 1.86 bits per heavy atom. The van der Waals surface area contributed by atoms with Crippen LogP contribution in [0.2, 0.25) is 0 Å². The number of hydrogen-bond donors (Lipinski definition) is 1. The summed E-state index contributed by atoms with van der Waals surface area (Å²) in [5.41, 5.74) is 3.39. The van der Waals surface area contributed by atoms with Gasteiger partial charge in [0.1, 0.15) is 5.82 Å². The molecule has 0 radical (unpaired) electrons. The Morgan fingerprint density at radius 3 is 2.57 bits per heavy atom. The van der Waals surface area contributed by atoms with Crippen LogP contribution in [-0.2, 0) is 7.05 Å². The van der Waals surface area contributed by atoms with Crippen LogP contribution in [0.5, 0.6) is 0 Å². The van der Waals surface area contributed by atoms with E-state index >= 15 is 0 Å². The van der Waals surface area contributed by atoms with Crippen LogP contribution in [0.3, 0.4) is 0 Å². The van der Waals surface area contributed by atoms with Gasteiger partial charge in [0, 0.05) is 25.5 Å². The maximum absolute atomic E-state index is 4.74. The Labute approximate surface area is 124 Å². The largest absolute Gasteiger partial charge is 0.330 e. The first-order valence-corrected chi connectivity index (χ1v) is 7.24. The molecule has 0 aliphatic carbocycles. The molecule has 0 saturated heterocycles. The summed E-state index contributed by atoms with van der Waals surface area (Å²) in [5.74, 6) is 1.05. The number of nitrogens with zero attached hydrogens (tertiary/aromatic N) is 3. The fourth-order valence-electron chi connectivity index (χ4n) is 2.73. The fourth-order valence-corrected chi connectivity index (χ4v) is 2.73. The zero-order valence-electron chi connectivity index (χ0n) is 12.6. The SMILES string of the molecule is CC(N[C@H](C)c1cccnc1)c1nc2ccccc2n1C. The predicted octanol–water partition coefficient (Wildman–Crippen LogP) is 3.38. The van der Waals surface area contributed by atoms with Crippen molar-refractivity contribution in [1.29, 1.82) is 0 Å². The van der Waals surface area contributed by atoms with Crippen LogP contribution in [0.15, 0.2) is 48.8 Å². The van der Waals surface area contributed by atoms with E-state index in [9.17, 15) is 0 Å². The number of fused-ring (bicyclic) bond motifs is 1. The van der Waals surface area contributed by atoms with Crippen LogP contribution >= 0.6 is 0 Å². The zero-order chi connectivity index (χ0) is 14.8. The lowest BCUT2D eigenvalue weighted by molar-refractivity contribution is 0.468. The number of para-hydroxylation sites is 2. The van der Waals surface area contributed by atoms with Gasteiger partial charge in [-0.25, -0.2) is 4.98 Å². The molecule has 0 aliphatic rings. The van der Waals surface area contributed by atoms with E-state index in [0.29, 0.717) is 0 Å². The standard InChI is InChI=1S/C17H20N4/c1-12(14-7-6-10-18-11-14)19-13(2)17-20-15-8-4-5-9-16(15)21(17)3/h4-13,19H,1-3H3/t12-,13?/m1/s1. The molecule has 3 rings (SSSR count). The molecular formula is C17H20N4. The summed E-state index contributed by atoms with van der Waals surface area (Å²) in [4.78, 5) is 8.92. The molecule has 2 aromatic heterocycles. The second-order valence-corrected chi connectivity index (χ2v) is 5.41. The van der Waals surface area contributed by atoms with Crippen LogP contribution < -0.4 is 5.32 Å². The van der Waals surface area contributed by atoms with Gasteiger partial charge in [0.05, 0.1) is 17.1 Å². The molecule has 0 amide bonds. The molecule has 3 aromatic rings. The normalized spacial score (nSPS) is 14.2. The number of aromatic nitrogens is 3. The molecule has 0 saturated carbocycles.